The molecule has 0 amide bonds. The Morgan fingerprint density at radius 1 is 1.21 bits per heavy atom. The summed E-state index contributed by atoms with van der Waals surface area (Å²) in [7, 11) is 0. The van der Waals surface area contributed by atoms with Crippen LogP contribution in [0.15, 0.2) is 18.2 Å². The molecule has 2 N–H and O–H groups in total. The zero-order chi connectivity index (χ0) is 14.8. The Morgan fingerprint density at radius 2 is 1.79 bits per heavy atom. The van der Waals surface area contributed by atoms with Crippen molar-refractivity contribution in [1.82, 2.24) is 0 Å². The zero-order valence-corrected chi connectivity index (χ0v) is 10.7. The summed E-state index contributed by atoms with van der Waals surface area (Å²) < 4.78 is 47.4. The second-order valence-corrected chi connectivity index (χ2v) is 4.82. The van der Waals surface area contributed by atoms with Crippen LogP contribution in [0.2, 0.25) is 0 Å². The molecule has 0 bridgehead atoms. The zero-order valence-electron chi connectivity index (χ0n) is 10.7. The summed E-state index contributed by atoms with van der Waals surface area (Å²) >= 11 is 0. The first-order chi connectivity index (χ1) is 8.49. The molecule has 7 heteroatoms. The second-order valence-electron chi connectivity index (χ2n) is 4.82. The van der Waals surface area contributed by atoms with Gasteiger partial charge in [-0.1, -0.05) is 0 Å². The third kappa shape index (κ3) is 4.69. The third-order valence-electron chi connectivity index (χ3n) is 1.89. The number of ether oxygens (including phenoxy) is 2. The van der Waals surface area contributed by atoms with E-state index < -0.39 is 29.2 Å². The Labute approximate surface area is 108 Å². The van der Waals surface area contributed by atoms with Gasteiger partial charge in [-0.3, -0.25) is 0 Å². The molecule has 0 atom stereocenters. The lowest BCUT2D eigenvalue weighted by Gasteiger charge is -2.20. The normalized spacial score (nSPS) is 12.1. The van der Waals surface area contributed by atoms with Gasteiger partial charge in [-0.15, -0.1) is 0 Å². The Bertz CT molecular complexity index is 478. The predicted molar refractivity (Wildman–Crippen MR) is 62.7 cm³/mol. The van der Waals surface area contributed by atoms with Gasteiger partial charge in [0.15, 0.2) is 0 Å². The Kier molecular flexibility index (Phi) is 3.97. The van der Waals surface area contributed by atoms with Crippen molar-refractivity contribution >= 4 is 11.8 Å². The van der Waals surface area contributed by atoms with Gasteiger partial charge in [0.05, 0.1) is 5.56 Å². The molecule has 0 aromatic heterocycles. The van der Waals surface area contributed by atoms with Gasteiger partial charge >= 0.3 is 12.3 Å². The van der Waals surface area contributed by atoms with Crippen LogP contribution in [0.3, 0.4) is 0 Å². The van der Waals surface area contributed by atoms with Crippen LogP contribution in [0, 0.1) is 0 Å². The van der Waals surface area contributed by atoms with Crippen LogP contribution in [0.1, 0.15) is 26.3 Å². The lowest BCUT2D eigenvalue weighted by molar-refractivity contribution is -0.138. The van der Waals surface area contributed by atoms with Crippen molar-refractivity contribution < 1.29 is 27.4 Å². The van der Waals surface area contributed by atoms with Gasteiger partial charge < -0.3 is 15.2 Å². The highest BCUT2D eigenvalue weighted by atomic mass is 19.4. The highest BCUT2D eigenvalue weighted by molar-refractivity contribution is 5.66. The van der Waals surface area contributed by atoms with E-state index in [9.17, 15) is 18.0 Å². The Balaban J connectivity index is 3.00. The molecular weight excluding hydrogens is 263 g/mol. The number of anilines is 1. The summed E-state index contributed by atoms with van der Waals surface area (Å²) in [6.45, 7) is 4.70. The van der Waals surface area contributed by atoms with E-state index in [-0.39, 0.29) is 5.69 Å². The van der Waals surface area contributed by atoms with Crippen molar-refractivity contribution in [3.63, 3.8) is 0 Å². The van der Waals surface area contributed by atoms with Crippen LogP contribution < -0.4 is 10.5 Å². The summed E-state index contributed by atoms with van der Waals surface area (Å²) in [5, 5.41) is 0. The number of halogens is 3. The minimum Gasteiger partial charge on any atom is -0.428 e. The molecule has 4 nitrogen and oxygen atoms in total. The molecule has 0 aliphatic carbocycles. The topological polar surface area (TPSA) is 61.5 Å². The number of hydrogen-bond acceptors (Lipinski definition) is 4. The average molecular weight is 277 g/mol. The number of alkyl halides is 3. The fraction of sp³-hybridized carbons (Fsp3) is 0.417. The van der Waals surface area contributed by atoms with E-state index in [0.29, 0.717) is 0 Å². The highest BCUT2D eigenvalue weighted by Gasteiger charge is 2.35. The van der Waals surface area contributed by atoms with Gasteiger partial charge in [0, 0.05) is 11.8 Å². The van der Waals surface area contributed by atoms with Crippen molar-refractivity contribution in [2.45, 2.75) is 32.5 Å². The Morgan fingerprint density at radius 3 is 2.26 bits per heavy atom. The van der Waals surface area contributed by atoms with Crippen LogP contribution in [0.25, 0.3) is 0 Å². The summed E-state index contributed by atoms with van der Waals surface area (Å²) in [5.74, 6) is -0.679. The van der Waals surface area contributed by atoms with Crippen LogP contribution in [-0.4, -0.2) is 11.8 Å². The molecule has 19 heavy (non-hydrogen) atoms. The van der Waals surface area contributed by atoms with Gasteiger partial charge in [-0.05, 0) is 32.9 Å². The number of nitrogen functional groups attached to an aromatic ring is 1. The van der Waals surface area contributed by atoms with E-state index in [1.807, 2.05) is 0 Å². The molecule has 0 aliphatic heterocycles. The van der Waals surface area contributed by atoms with Crippen LogP contribution >= 0.6 is 0 Å². The molecule has 0 radical (unpaired) electrons. The minimum atomic E-state index is -4.65. The molecule has 106 valence electrons. The number of carbonyl (C=O) groups is 1. The van der Waals surface area contributed by atoms with Crippen molar-refractivity contribution in [2.75, 3.05) is 5.73 Å². The van der Waals surface area contributed by atoms with E-state index in [0.717, 1.165) is 18.2 Å². The standard InChI is InChI=1S/C12H14F3NO3/c1-11(2,3)19-10(17)18-9-6-7(16)4-5-8(9)12(13,14)15/h4-6H,16H2,1-3H3. The van der Waals surface area contributed by atoms with Crippen molar-refractivity contribution in [2.24, 2.45) is 0 Å². The summed E-state index contributed by atoms with van der Waals surface area (Å²) in [6, 6.07) is 2.74. The summed E-state index contributed by atoms with van der Waals surface area (Å²) in [4.78, 5) is 11.4. The van der Waals surface area contributed by atoms with Gasteiger partial charge in [0.2, 0.25) is 0 Å². The first-order valence-electron chi connectivity index (χ1n) is 5.36. The lowest BCUT2D eigenvalue weighted by atomic mass is 10.2. The Hall–Kier alpha value is -1.92. The van der Waals surface area contributed by atoms with Crippen LogP contribution in [0.5, 0.6) is 5.75 Å². The van der Waals surface area contributed by atoms with Crippen molar-refractivity contribution in [3.05, 3.63) is 23.8 Å². The number of rotatable bonds is 1. The summed E-state index contributed by atoms with van der Waals surface area (Å²) in [5.41, 5.74) is 3.47. The largest absolute Gasteiger partial charge is 0.514 e. The molecule has 0 heterocycles. The smallest absolute Gasteiger partial charge is 0.428 e. The molecule has 1 aromatic rings. The van der Waals surface area contributed by atoms with E-state index in [1.54, 1.807) is 20.8 Å². The number of carbonyl (C=O) groups excluding carboxylic acids is 1. The molecule has 0 saturated heterocycles. The molecule has 0 spiro atoms. The molecule has 0 saturated carbocycles. The molecule has 0 aliphatic rings. The van der Waals surface area contributed by atoms with Crippen LogP contribution in [-0.2, 0) is 10.9 Å². The number of hydrogen-bond donors (Lipinski definition) is 1. The average Bonchev–Trinajstić information content (AvgIpc) is 2.11. The first kappa shape index (κ1) is 15.1. The van der Waals surface area contributed by atoms with E-state index in [1.165, 1.54) is 0 Å². The monoisotopic (exact) mass is 277 g/mol. The van der Waals surface area contributed by atoms with Crippen molar-refractivity contribution in [3.8, 4) is 5.75 Å². The number of benzene rings is 1. The fourth-order valence-electron chi connectivity index (χ4n) is 1.22. The van der Waals surface area contributed by atoms with E-state index >= 15 is 0 Å². The molecule has 1 rings (SSSR count). The maximum Gasteiger partial charge on any atom is 0.514 e. The van der Waals surface area contributed by atoms with Gasteiger partial charge in [-0.2, -0.15) is 13.2 Å². The highest BCUT2D eigenvalue weighted by Crippen LogP contribution is 2.37. The maximum absolute atomic E-state index is 12.7. The second kappa shape index (κ2) is 4.99. The molecule has 1 aromatic carbocycles. The van der Waals surface area contributed by atoms with E-state index in [4.69, 9.17) is 10.5 Å². The van der Waals surface area contributed by atoms with Gasteiger partial charge in [-0.25, -0.2) is 4.79 Å². The third-order valence-corrected chi connectivity index (χ3v) is 1.89. The van der Waals surface area contributed by atoms with Gasteiger partial charge in [0.25, 0.3) is 0 Å². The first-order valence-corrected chi connectivity index (χ1v) is 5.36. The lowest BCUT2D eigenvalue weighted by Crippen LogP contribution is -2.26. The minimum absolute atomic E-state index is 0.0477. The molecule has 0 fully saturated rings. The van der Waals surface area contributed by atoms with Crippen molar-refractivity contribution in [1.29, 1.82) is 0 Å². The summed E-state index contributed by atoms with van der Waals surface area (Å²) in [6.07, 6.45) is -5.87. The molecular formula is C12H14F3NO3. The molecule has 0 unspecified atom stereocenters. The maximum atomic E-state index is 12.7. The van der Waals surface area contributed by atoms with Gasteiger partial charge in [0.1, 0.15) is 11.4 Å². The quantitative estimate of drug-likeness (QED) is 0.484. The number of nitrogens with two attached hydrogens (primary N) is 1. The van der Waals surface area contributed by atoms with Crippen LogP contribution in [0.4, 0.5) is 23.7 Å². The fourth-order valence-corrected chi connectivity index (χ4v) is 1.22. The predicted octanol–water partition coefficient (Wildman–Crippen LogP) is 3.60. The van der Waals surface area contributed by atoms with E-state index in [2.05, 4.69) is 4.74 Å². The SMILES string of the molecule is CC(C)(C)OC(=O)Oc1cc(N)ccc1C(F)(F)F.